The minimum Gasteiger partial charge on any atom is -0.326 e. The lowest BCUT2D eigenvalue weighted by Crippen LogP contribution is -2.10. The standard InChI is InChI=1S/C17H23N3/c1-12-11-20(15-9-10-15)16(18-12)19-14-7-5-13(6-8-14)17(2,3)4/h5-8,11,15H,9-10H2,1-4H3,(H,18,19). The molecule has 3 rings (SSSR count). The lowest BCUT2D eigenvalue weighted by atomic mass is 9.87. The number of aryl methyl sites for hydroxylation is 1. The highest BCUT2D eigenvalue weighted by atomic mass is 15.2. The minimum absolute atomic E-state index is 0.196. The van der Waals surface area contributed by atoms with Crippen molar-refractivity contribution < 1.29 is 0 Å². The summed E-state index contributed by atoms with van der Waals surface area (Å²) in [4.78, 5) is 4.59. The highest BCUT2D eigenvalue weighted by molar-refractivity contribution is 5.55. The average molecular weight is 269 g/mol. The summed E-state index contributed by atoms with van der Waals surface area (Å²) >= 11 is 0. The maximum absolute atomic E-state index is 4.59. The first-order valence-corrected chi connectivity index (χ1v) is 7.36. The van der Waals surface area contributed by atoms with Gasteiger partial charge in [0.15, 0.2) is 0 Å². The number of aromatic nitrogens is 2. The molecule has 3 nitrogen and oxygen atoms in total. The quantitative estimate of drug-likeness (QED) is 0.884. The molecule has 3 heteroatoms. The van der Waals surface area contributed by atoms with E-state index in [-0.39, 0.29) is 5.41 Å². The van der Waals surface area contributed by atoms with Crippen molar-refractivity contribution in [3.05, 3.63) is 41.7 Å². The number of nitrogens with zero attached hydrogens (tertiary/aromatic N) is 2. The highest BCUT2D eigenvalue weighted by Crippen LogP contribution is 2.38. The highest BCUT2D eigenvalue weighted by Gasteiger charge is 2.26. The molecule has 1 aromatic heterocycles. The molecule has 1 heterocycles. The van der Waals surface area contributed by atoms with Crippen LogP contribution in [-0.4, -0.2) is 9.55 Å². The van der Waals surface area contributed by atoms with Gasteiger partial charge < -0.3 is 9.88 Å². The summed E-state index contributed by atoms with van der Waals surface area (Å²) in [6.45, 7) is 8.75. The topological polar surface area (TPSA) is 29.9 Å². The molecule has 2 aromatic rings. The van der Waals surface area contributed by atoms with Crippen LogP contribution in [0, 0.1) is 6.92 Å². The summed E-state index contributed by atoms with van der Waals surface area (Å²) < 4.78 is 2.27. The third kappa shape index (κ3) is 2.72. The molecule has 0 spiro atoms. The Bertz CT molecular complexity index is 598. The van der Waals surface area contributed by atoms with Crippen LogP contribution >= 0.6 is 0 Å². The van der Waals surface area contributed by atoms with E-state index < -0.39 is 0 Å². The van der Waals surface area contributed by atoms with Gasteiger partial charge in [-0.2, -0.15) is 0 Å². The number of anilines is 2. The van der Waals surface area contributed by atoms with E-state index in [1.165, 1.54) is 18.4 Å². The largest absolute Gasteiger partial charge is 0.326 e. The van der Waals surface area contributed by atoms with E-state index >= 15 is 0 Å². The molecule has 1 fully saturated rings. The number of rotatable bonds is 3. The Balaban J connectivity index is 1.81. The summed E-state index contributed by atoms with van der Waals surface area (Å²) in [5, 5.41) is 3.45. The Morgan fingerprint density at radius 2 is 1.80 bits per heavy atom. The van der Waals surface area contributed by atoms with E-state index in [0.717, 1.165) is 17.3 Å². The summed E-state index contributed by atoms with van der Waals surface area (Å²) in [5.74, 6) is 0.966. The Kier molecular flexibility index (Phi) is 3.08. The van der Waals surface area contributed by atoms with Crippen LogP contribution in [0.25, 0.3) is 0 Å². The van der Waals surface area contributed by atoms with Gasteiger partial charge in [-0.25, -0.2) is 4.98 Å². The van der Waals surface area contributed by atoms with Gasteiger partial charge in [0, 0.05) is 17.9 Å². The molecule has 1 aliphatic rings. The van der Waals surface area contributed by atoms with Crippen molar-refractivity contribution >= 4 is 11.6 Å². The number of imidazole rings is 1. The van der Waals surface area contributed by atoms with Crippen LogP contribution in [0.4, 0.5) is 11.6 Å². The Morgan fingerprint density at radius 3 is 2.35 bits per heavy atom. The fourth-order valence-corrected chi connectivity index (χ4v) is 2.42. The van der Waals surface area contributed by atoms with E-state index in [1.807, 2.05) is 6.92 Å². The fourth-order valence-electron chi connectivity index (χ4n) is 2.42. The van der Waals surface area contributed by atoms with Crippen LogP contribution in [0.15, 0.2) is 30.5 Å². The molecule has 0 amide bonds. The molecule has 0 aliphatic heterocycles. The predicted octanol–water partition coefficient (Wildman–Crippen LogP) is 4.57. The van der Waals surface area contributed by atoms with Crippen LogP contribution in [0.3, 0.4) is 0 Å². The van der Waals surface area contributed by atoms with Crippen LogP contribution in [-0.2, 0) is 5.41 Å². The second kappa shape index (κ2) is 4.65. The molecule has 1 saturated carbocycles. The van der Waals surface area contributed by atoms with Gasteiger partial charge in [-0.3, -0.25) is 0 Å². The van der Waals surface area contributed by atoms with Crippen molar-refractivity contribution in [2.75, 3.05) is 5.32 Å². The smallest absolute Gasteiger partial charge is 0.207 e. The second-order valence-electron chi connectivity index (χ2n) is 6.80. The Hall–Kier alpha value is -1.77. The van der Waals surface area contributed by atoms with Gasteiger partial charge in [0.25, 0.3) is 0 Å². The van der Waals surface area contributed by atoms with E-state index in [4.69, 9.17) is 0 Å². The second-order valence-corrected chi connectivity index (χ2v) is 6.80. The molecular weight excluding hydrogens is 246 g/mol. The first-order chi connectivity index (χ1) is 9.43. The molecule has 1 aromatic carbocycles. The SMILES string of the molecule is Cc1cn(C2CC2)c(Nc2ccc(C(C)(C)C)cc2)n1. The molecule has 0 bridgehead atoms. The lowest BCUT2D eigenvalue weighted by Gasteiger charge is -2.19. The Morgan fingerprint density at radius 1 is 1.15 bits per heavy atom. The molecule has 106 valence electrons. The van der Waals surface area contributed by atoms with Gasteiger partial charge in [0.1, 0.15) is 0 Å². The van der Waals surface area contributed by atoms with Crippen molar-refractivity contribution in [3.8, 4) is 0 Å². The lowest BCUT2D eigenvalue weighted by molar-refractivity contribution is 0.590. The summed E-state index contributed by atoms with van der Waals surface area (Å²) in [5.41, 5.74) is 3.72. The molecule has 0 radical (unpaired) electrons. The third-order valence-corrected chi connectivity index (χ3v) is 3.80. The van der Waals surface area contributed by atoms with Crippen LogP contribution in [0.2, 0.25) is 0 Å². The zero-order valence-electron chi connectivity index (χ0n) is 12.8. The maximum Gasteiger partial charge on any atom is 0.207 e. The zero-order valence-corrected chi connectivity index (χ0v) is 12.8. The normalized spacial score (nSPS) is 15.4. The molecular formula is C17H23N3. The van der Waals surface area contributed by atoms with Gasteiger partial charge >= 0.3 is 0 Å². The zero-order chi connectivity index (χ0) is 14.3. The Labute approximate surface area is 121 Å². The first kappa shape index (κ1) is 13.2. The van der Waals surface area contributed by atoms with Crippen molar-refractivity contribution in [3.63, 3.8) is 0 Å². The van der Waals surface area contributed by atoms with E-state index in [9.17, 15) is 0 Å². The van der Waals surface area contributed by atoms with Crippen LogP contribution in [0.5, 0.6) is 0 Å². The van der Waals surface area contributed by atoms with Gasteiger partial charge in [-0.15, -0.1) is 0 Å². The van der Waals surface area contributed by atoms with Crippen molar-refractivity contribution in [2.45, 2.75) is 52.0 Å². The number of benzene rings is 1. The van der Waals surface area contributed by atoms with Gasteiger partial charge in [0.05, 0.1) is 5.69 Å². The summed E-state index contributed by atoms with van der Waals surface area (Å²) in [6.07, 6.45) is 4.68. The minimum atomic E-state index is 0.196. The van der Waals surface area contributed by atoms with Crippen LogP contribution in [0.1, 0.15) is 50.9 Å². The van der Waals surface area contributed by atoms with E-state index in [0.29, 0.717) is 6.04 Å². The molecule has 0 atom stereocenters. The van der Waals surface area contributed by atoms with E-state index in [1.54, 1.807) is 0 Å². The molecule has 1 aliphatic carbocycles. The predicted molar refractivity (Wildman–Crippen MR) is 83.7 cm³/mol. The van der Waals surface area contributed by atoms with Gasteiger partial charge in [-0.05, 0) is 42.9 Å². The fraction of sp³-hybridized carbons (Fsp3) is 0.471. The molecule has 20 heavy (non-hydrogen) atoms. The van der Waals surface area contributed by atoms with Crippen molar-refractivity contribution in [1.29, 1.82) is 0 Å². The molecule has 0 saturated heterocycles. The summed E-state index contributed by atoms with van der Waals surface area (Å²) in [6, 6.07) is 9.32. The maximum atomic E-state index is 4.59. The van der Waals surface area contributed by atoms with Crippen molar-refractivity contribution in [2.24, 2.45) is 0 Å². The molecule has 1 N–H and O–H groups in total. The van der Waals surface area contributed by atoms with Gasteiger partial charge in [0.2, 0.25) is 5.95 Å². The number of nitrogens with one attached hydrogen (secondary N) is 1. The van der Waals surface area contributed by atoms with Crippen LogP contribution < -0.4 is 5.32 Å². The average Bonchev–Trinajstić information content (AvgIpc) is 3.14. The number of hydrogen-bond donors (Lipinski definition) is 1. The first-order valence-electron chi connectivity index (χ1n) is 7.36. The third-order valence-electron chi connectivity index (χ3n) is 3.80. The van der Waals surface area contributed by atoms with Gasteiger partial charge in [-0.1, -0.05) is 32.9 Å². The van der Waals surface area contributed by atoms with Crippen molar-refractivity contribution in [1.82, 2.24) is 9.55 Å². The number of hydrogen-bond acceptors (Lipinski definition) is 2. The summed E-state index contributed by atoms with van der Waals surface area (Å²) in [7, 11) is 0. The monoisotopic (exact) mass is 269 g/mol. The molecule has 0 unspecified atom stereocenters. The van der Waals surface area contributed by atoms with E-state index in [2.05, 4.69) is 66.1 Å².